The van der Waals surface area contributed by atoms with Crippen molar-refractivity contribution >= 4 is 38.6 Å². The summed E-state index contributed by atoms with van der Waals surface area (Å²) in [6.45, 7) is 2.48. The third kappa shape index (κ3) is 3.11. The van der Waals surface area contributed by atoms with E-state index in [4.69, 9.17) is 4.74 Å². The van der Waals surface area contributed by atoms with Gasteiger partial charge in [0, 0.05) is 20.7 Å². The molecule has 0 unspecified atom stereocenters. The molecule has 0 bridgehead atoms. The van der Waals surface area contributed by atoms with Gasteiger partial charge in [0.15, 0.2) is 0 Å². The van der Waals surface area contributed by atoms with Gasteiger partial charge in [-0.3, -0.25) is 4.79 Å². The molecule has 0 fully saturated rings. The van der Waals surface area contributed by atoms with Gasteiger partial charge in [0.05, 0.1) is 24.7 Å². The fraction of sp³-hybridized carbons (Fsp3) is 0.158. The molecule has 1 aromatic carbocycles. The molecule has 0 aliphatic heterocycles. The number of hydrogen-bond acceptors (Lipinski definition) is 6. The predicted octanol–water partition coefficient (Wildman–Crippen LogP) is 4.64. The van der Waals surface area contributed by atoms with E-state index in [-0.39, 0.29) is 5.56 Å². The maximum atomic E-state index is 12.7. The molecule has 0 spiro atoms. The van der Waals surface area contributed by atoms with Crippen LogP contribution >= 0.6 is 22.7 Å². The second-order valence-corrected chi connectivity index (χ2v) is 7.95. The maximum Gasteiger partial charge on any atom is 0.260 e. The second kappa shape index (κ2) is 6.93. The van der Waals surface area contributed by atoms with Gasteiger partial charge >= 0.3 is 0 Å². The van der Waals surface area contributed by atoms with Crippen molar-refractivity contribution in [3.8, 4) is 16.2 Å². The van der Waals surface area contributed by atoms with E-state index in [1.165, 1.54) is 16.2 Å². The Labute approximate surface area is 158 Å². The number of nitrogens with one attached hydrogen (secondary N) is 2. The lowest BCUT2D eigenvalue weighted by Crippen LogP contribution is -2.14. The first-order chi connectivity index (χ1) is 12.7. The number of aromatic nitrogens is 2. The number of anilines is 1. The highest BCUT2D eigenvalue weighted by atomic mass is 32.1. The third-order valence-electron chi connectivity index (χ3n) is 4.05. The Kier molecular flexibility index (Phi) is 4.48. The SMILES string of the molecule is COc1ccccc1NCc1nc2scc(-c3ccc(C)s3)c2c(=O)[nH]1. The molecule has 3 aromatic heterocycles. The molecule has 0 amide bonds. The molecular formula is C19H17N3O2S2. The standard InChI is InChI=1S/C19H17N3O2S2/c1-11-7-8-15(26-11)12-10-25-19-17(12)18(23)21-16(22-19)9-20-13-5-3-4-6-14(13)24-2/h3-8,10,20H,9H2,1-2H3,(H,21,22,23). The lowest BCUT2D eigenvalue weighted by molar-refractivity contribution is 0.416. The Morgan fingerprint density at radius 2 is 2.08 bits per heavy atom. The van der Waals surface area contributed by atoms with E-state index < -0.39 is 0 Å². The first kappa shape index (κ1) is 16.8. The number of nitrogens with zero attached hydrogens (tertiary/aromatic N) is 1. The van der Waals surface area contributed by atoms with Crippen LogP contribution in [0.3, 0.4) is 0 Å². The summed E-state index contributed by atoms with van der Waals surface area (Å²) in [4.78, 5) is 23.3. The van der Waals surface area contributed by atoms with Gasteiger partial charge < -0.3 is 15.0 Å². The van der Waals surface area contributed by atoms with Gasteiger partial charge in [0.25, 0.3) is 5.56 Å². The molecule has 0 saturated heterocycles. The molecule has 0 saturated carbocycles. The number of benzene rings is 1. The molecule has 7 heteroatoms. The molecule has 26 heavy (non-hydrogen) atoms. The normalized spacial score (nSPS) is 11.0. The topological polar surface area (TPSA) is 67.0 Å². The van der Waals surface area contributed by atoms with Gasteiger partial charge in [-0.25, -0.2) is 4.98 Å². The lowest BCUT2D eigenvalue weighted by atomic mass is 10.2. The summed E-state index contributed by atoms with van der Waals surface area (Å²) in [5.41, 5.74) is 1.72. The van der Waals surface area contributed by atoms with E-state index in [0.29, 0.717) is 17.8 Å². The number of aromatic amines is 1. The predicted molar refractivity (Wildman–Crippen MR) is 109 cm³/mol. The van der Waals surface area contributed by atoms with Crippen LogP contribution in [0.1, 0.15) is 10.7 Å². The number of fused-ring (bicyclic) bond motifs is 1. The molecule has 0 aliphatic rings. The Bertz CT molecular complexity index is 1130. The zero-order valence-corrected chi connectivity index (χ0v) is 16.0. The van der Waals surface area contributed by atoms with Crippen molar-refractivity contribution in [3.63, 3.8) is 0 Å². The minimum atomic E-state index is -0.103. The lowest BCUT2D eigenvalue weighted by Gasteiger charge is -2.10. The van der Waals surface area contributed by atoms with Crippen LogP contribution < -0.4 is 15.6 Å². The van der Waals surface area contributed by atoms with Crippen LogP contribution in [0.5, 0.6) is 5.75 Å². The number of rotatable bonds is 5. The van der Waals surface area contributed by atoms with Crippen LogP contribution in [0, 0.1) is 6.92 Å². The van der Waals surface area contributed by atoms with Crippen molar-refractivity contribution in [2.45, 2.75) is 13.5 Å². The first-order valence-corrected chi connectivity index (χ1v) is 9.79. The average Bonchev–Trinajstić information content (AvgIpc) is 3.26. The summed E-state index contributed by atoms with van der Waals surface area (Å²) < 4.78 is 5.33. The van der Waals surface area contributed by atoms with Crippen LogP contribution in [-0.4, -0.2) is 17.1 Å². The Morgan fingerprint density at radius 3 is 2.85 bits per heavy atom. The van der Waals surface area contributed by atoms with Crippen LogP contribution in [-0.2, 0) is 6.54 Å². The van der Waals surface area contributed by atoms with Crippen molar-refractivity contribution in [2.75, 3.05) is 12.4 Å². The largest absolute Gasteiger partial charge is 0.495 e. The van der Waals surface area contributed by atoms with E-state index >= 15 is 0 Å². The molecule has 5 nitrogen and oxygen atoms in total. The number of thiophene rings is 2. The summed E-state index contributed by atoms with van der Waals surface area (Å²) in [5, 5.41) is 5.94. The zero-order valence-electron chi connectivity index (χ0n) is 14.3. The van der Waals surface area contributed by atoms with Crippen LogP contribution in [0.15, 0.2) is 46.6 Å². The number of H-pyrrole nitrogens is 1. The van der Waals surface area contributed by atoms with Crippen molar-refractivity contribution in [2.24, 2.45) is 0 Å². The van der Waals surface area contributed by atoms with Crippen LogP contribution in [0.25, 0.3) is 20.7 Å². The highest BCUT2D eigenvalue weighted by Gasteiger charge is 2.14. The quantitative estimate of drug-likeness (QED) is 0.527. The molecule has 132 valence electrons. The van der Waals surface area contributed by atoms with E-state index in [1.54, 1.807) is 18.4 Å². The maximum absolute atomic E-state index is 12.7. The Hall–Kier alpha value is -2.64. The van der Waals surface area contributed by atoms with Crippen molar-refractivity contribution in [3.05, 3.63) is 62.8 Å². The average molecular weight is 383 g/mol. The fourth-order valence-electron chi connectivity index (χ4n) is 2.81. The molecule has 4 rings (SSSR count). The van der Waals surface area contributed by atoms with Gasteiger partial charge in [0.2, 0.25) is 0 Å². The van der Waals surface area contributed by atoms with Gasteiger partial charge in [-0.2, -0.15) is 0 Å². The van der Waals surface area contributed by atoms with Gasteiger partial charge in [-0.15, -0.1) is 22.7 Å². The molecule has 0 atom stereocenters. The number of aryl methyl sites for hydroxylation is 1. The van der Waals surface area contributed by atoms with E-state index in [9.17, 15) is 4.79 Å². The van der Waals surface area contributed by atoms with Gasteiger partial charge in [-0.05, 0) is 31.2 Å². The summed E-state index contributed by atoms with van der Waals surface area (Å²) in [5.74, 6) is 1.35. The summed E-state index contributed by atoms with van der Waals surface area (Å²) in [7, 11) is 1.63. The van der Waals surface area contributed by atoms with Crippen LogP contribution in [0.2, 0.25) is 0 Å². The zero-order chi connectivity index (χ0) is 18.1. The number of ether oxygens (including phenoxy) is 1. The molecule has 3 heterocycles. The molecule has 0 radical (unpaired) electrons. The molecule has 2 N–H and O–H groups in total. The Balaban J connectivity index is 1.65. The van der Waals surface area contributed by atoms with E-state index in [0.717, 1.165) is 26.7 Å². The number of methoxy groups -OCH3 is 1. The molecule has 0 aliphatic carbocycles. The van der Waals surface area contributed by atoms with Crippen molar-refractivity contribution in [1.82, 2.24) is 9.97 Å². The van der Waals surface area contributed by atoms with Gasteiger partial charge in [0.1, 0.15) is 16.4 Å². The highest BCUT2D eigenvalue weighted by Crippen LogP contribution is 2.35. The highest BCUT2D eigenvalue weighted by molar-refractivity contribution is 7.19. The minimum Gasteiger partial charge on any atom is -0.495 e. The molecular weight excluding hydrogens is 366 g/mol. The van der Waals surface area contributed by atoms with E-state index in [2.05, 4.69) is 34.3 Å². The fourth-order valence-corrected chi connectivity index (χ4v) is 4.73. The smallest absolute Gasteiger partial charge is 0.260 e. The third-order valence-corrected chi connectivity index (χ3v) is 5.96. The minimum absolute atomic E-state index is 0.103. The van der Waals surface area contributed by atoms with Crippen LogP contribution in [0.4, 0.5) is 5.69 Å². The second-order valence-electron chi connectivity index (χ2n) is 5.81. The summed E-state index contributed by atoms with van der Waals surface area (Å²) in [6.07, 6.45) is 0. The number of para-hydroxylation sites is 2. The van der Waals surface area contributed by atoms with Crippen molar-refractivity contribution < 1.29 is 4.74 Å². The van der Waals surface area contributed by atoms with Crippen molar-refractivity contribution in [1.29, 1.82) is 0 Å². The summed E-state index contributed by atoms with van der Waals surface area (Å²) in [6, 6.07) is 11.8. The van der Waals surface area contributed by atoms with Gasteiger partial charge in [-0.1, -0.05) is 12.1 Å². The first-order valence-electron chi connectivity index (χ1n) is 8.10. The number of hydrogen-bond donors (Lipinski definition) is 2. The monoisotopic (exact) mass is 383 g/mol. The Morgan fingerprint density at radius 1 is 1.23 bits per heavy atom. The molecule has 4 aromatic rings. The van der Waals surface area contributed by atoms with E-state index in [1.807, 2.05) is 29.6 Å². The summed E-state index contributed by atoms with van der Waals surface area (Å²) >= 11 is 3.18.